The van der Waals surface area contributed by atoms with E-state index in [-0.39, 0.29) is 22.7 Å². The van der Waals surface area contributed by atoms with Crippen LogP contribution < -0.4 is 15.4 Å². The van der Waals surface area contributed by atoms with Crippen molar-refractivity contribution < 1.29 is 24.4 Å². The number of non-ortho nitro benzene ring substituents is 1. The highest BCUT2D eigenvalue weighted by atomic mass is 35.5. The van der Waals surface area contributed by atoms with Crippen molar-refractivity contribution in [1.29, 1.82) is 0 Å². The van der Waals surface area contributed by atoms with Crippen LogP contribution in [0.25, 0.3) is 11.1 Å². The van der Waals surface area contributed by atoms with Gasteiger partial charge in [-0.15, -0.1) is 0 Å². The first-order valence-corrected chi connectivity index (χ1v) is 13.9. The Labute approximate surface area is 257 Å². The van der Waals surface area contributed by atoms with E-state index in [0.717, 1.165) is 11.1 Å². The van der Waals surface area contributed by atoms with Crippen LogP contribution in [0.2, 0.25) is 5.02 Å². The fourth-order valence-electron chi connectivity index (χ4n) is 4.54. The minimum absolute atomic E-state index is 0.0369. The van der Waals surface area contributed by atoms with Gasteiger partial charge in [0, 0.05) is 34.8 Å². The number of amides is 1. The largest absolute Gasteiger partial charge is 0.480 e. The van der Waals surface area contributed by atoms with Gasteiger partial charge < -0.3 is 20.5 Å². The smallest absolute Gasteiger partial charge is 0.326 e. The molecule has 5 rings (SSSR count). The first-order valence-electron chi connectivity index (χ1n) is 13.5. The number of nitro groups is 1. The predicted octanol–water partition coefficient (Wildman–Crippen LogP) is 7.88. The first kappa shape index (κ1) is 29.8. The van der Waals surface area contributed by atoms with Crippen LogP contribution in [0.1, 0.15) is 15.9 Å². The summed E-state index contributed by atoms with van der Waals surface area (Å²) in [7, 11) is 0. The van der Waals surface area contributed by atoms with Crippen molar-refractivity contribution in [2.75, 3.05) is 5.32 Å². The number of hydrogen-bond acceptors (Lipinski definition) is 6. The van der Waals surface area contributed by atoms with Crippen LogP contribution >= 0.6 is 11.6 Å². The Balaban J connectivity index is 1.31. The standard InChI is InChI=1S/C34H26ClN3O6/c35-24-14-19-30(36-25-15-17-26(18-16-25)38(42)43)29(21-24)33(39)37-31(34(40)41)20-22-10-12-23(13-11-22)28-8-4-5-9-32(28)44-27-6-2-1-3-7-27/h1-19,21,31,36H,20H2,(H,37,39)(H,40,41)/t31-/m0/s1. The maximum Gasteiger partial charge on any atom is 0.326 e. The molecule has 0 aliphatic rings. The highest BCUT2D eigenvalue weighted by Crippen LogP contribution is 2.33. The van der Waals surface area contributed by atoms with Crippen molar-refractivity contribution in [2.24, 2.45) is 0 Å². The second kappa shape index (κ2) is 13.5. The van der Waals surface area contributed by atoms with Gasteiger partial charge in [-0.3, -0.25) is 14.9 Å². The SMILES string of the molecule is O=C(N[C@@H](Cc1ccc(-c2ccccc2Oc2ccccc2)cc1)C(=O)O)c1cc(Cl)ccc1Nc1ccc([N+](=O)[O-])cc1. The van der Waals surface area contributed by atoms with Gasteiger partial charge >= 0.3 is 5.97 Å². The van der Waals surface area contributed by atoms with Crippen LogP contribution in [0.4, 0.5) is 17.1 Å². The van der Waals surface area contributed by atoms with E-state index >= 15 is 0 Å². The Morgan fingerprint density at radius 2 is 1.55 bits per heavy atom. The molecular weight excluding hydrogens is 582 g/mol. The summed E-state index contributed by atoms with van der Waals surface area (Å²) in [5, 5.41) is 26.8. The van der Waals surface area contributed by atoms with Crippen LogP contribution in [-0.4, -0.2) is 27.9 Å². The molecule has 0 spiro atoms. The van der Waals surface area contributed by atoms with E-state index in [9.17, 15) is 24.8 Å². The summed E-state index contributed by atoms with van der Waals surface area (Å²) in [6.07, 6.45) is 0.0369. The monoisotopic (exact) mass is 607 g/mol. The van der Waals surface area contributed by atoms with Crippen LogP contribution in [0, 0.1) is 10.1 Å². The lowest BCUT2D eigenvalue weighted by Gasteiger charge is -2.18. The average Bonchev–Trinajstić information content (AvgIpc) is 3.03. The highest BCUT2D eigenvalue weighted by molar-refractivity contribution is 6.31. The van der Waals surface area contributed by atoms with Crippen molar-refractivity contribution in [1.82, 2.24) is 5.32 Å². The highest BCUT2D eigenvalue weighted by Gasteiger charge is 2.23. The normalized spacial score (nSPS) is 11.3. The average molecular weight is 608 g/mol. The van der Waals surface area contributed by atoms with Crippen molar-refractivity contribution in [3.63, 3.8) is 0 Å². The third-order valence-corrected chi connectivity index (χ3v) is 6.98. The number of ether oxygens (including phenoxy) is 1. The summed E-state index contributed by atoms with van der Waals surface area (Å²) in [5.74, 6) is -0.451. The van der Waals surface area contributed by atoms with E-state index in [1.54, 1.807) is 12.1 Å². The van der Waals surface area contributed by atoms with E-state index in [1.165, 1.54) is 30.3 Å². The number of benzene rings is 5. The Kier molecular flexibility index (Phi) is 9.17. The molecular formula is C34H26ClN3O6. The lowest BCUT2D eigenvalue weighted by Crippen LogP contribution is -2.42. The lowest BCUT2D eigenvalue weighted by atomic mass is 9.99. The van der Waals surface area contributed by atoms with Gasteiger partial charge in [-0.2, -0.15) is 0 Å². The van der Waals surface area contributed by atoms with Gasteiger partial charge in [0.25, 0.3) is 11.6 Å². The summed E-state index contributed by atoms with van der Waals surface area (Å²) in [6.45, 7) is 0. The second-order valence-electron chi connectivity index (χ2n) is 9.80. The summed E-state index contributed by atoms with van der Waals surface area (Å²) < 4.78 is 6.08. The molecule has 5 aromatic rings. The molecule has 1 amide bonds. The molecule has 0 fully saturated rings. The van der Waals surface area contributed by atoms with Gasteiger partial charge in [-0.25, -0.2) is 4.79 Å². The number of carbonyl (C=O) groups is 2. The number of nitrogens with zero attached hydrogens (tertiary/aromatic N) is 1. The van der Waals surface area contributed by atoms with Crippen molar-refractivity contribution in [3.8, 4) is 22.6 Å². The minimum Gasteiger partial charge on any atom is -0.480 e. The van der Waals surface area contributed by atoms with Crippen LogP contribution in [0.15, 0.2) is 121 Å². The third kappa shape index (κ3) is 7.39. The maximum absolute atomic E-state index is 13.3. The molecule has 9 nitrogen and oxygen atoms in total. The molecule has 0 aliphatic heterocycles. The van der Waals surface area contributed by atoms with Gasteiger partial charge in [0.1, 0.15) is 17.5 Å². The van der Waals surface area contributed by atoms with Gasteiger partial charge in [0.2, 0.25) is 0 Å². The molecule has 0 unspecified atom stereocenters. The quantitative estimate of drug-likeness (QED) is 0.103. The van der Waals surface area contributed by atoms with E-state index in [4.69, 9.17) is 16.3 Å². The molecule has 0 heterocycles. The van der Waals surface area contributed by atoms with Crippen molar-refractivity contribution in [2.45, 2.75) is 12.5 Å². The van der Waals surface area contributed by atoms with Crippen LogP contribution in [0.5, 0.6) is 11.5 Å². The topological polar surface area (TPSA) is 131 Å². The fraction of sp³-hybridized carbons (Fsp3) is 0.0588. The number of nitrogens with one attached hydrogen (secondary N) is 2. The Morgan fingerprint density at radius 1 is 0.864 bits per heavy atom. The number of para-hydroxylation sites is 2. The maximum atomic E-state index is 13.3. The summed E-state index contributed by atoms with van der Waals surface area (Å²) in [5.41, 5.74) is 3.36. The van der Waals surface area contributed by atoms with Gasteiger partial charge in [-0.05, 0) is 59.7 Å². The first-order chi connectivity index (χ1) is 21.3. The molecule has 5 aromatic carbocycles. The molecule has 3 N–H and O–H groups in total. The summed E-state index contributed by atoms with van der Waals surface area (Å²) in [4.78, 5) is 35.9. The number of carboxylic acid groups (broad SMARTS) is 1. The number of aliphatic carboxylic acids is 1. The third-order valence-electron chi connectivity index (χ3n) is 6.75. The molecule has 0 bridgehead atoms. The summed E-state index contributed by atoms with van der Waals surface area (Å²) in [6, 6.07) is 33.5. The molecule has 0 saturated heterocycles. The molecule has 10 heteroatoms. The molecule has 44 heavy (non-hydrogen) atoms. The minimum atomic E-state index is -1.23. The number of hydrogen-bond donors (Lipinski definition) is 3. The lowest BCUT2D eigenvalue weighted by molar-refractivity contribution is -0.384. The number of rotatable bonds is 11. The molecule has 0 aliphatic carbocycles. The zero-order chi connectivity index (χ0) is 31.1. The number of carbonyl (C=O) groups excluding carboxylic acids is 1. The van der Waals surface area contributed by atoms with Crippen LogP contribution in [-0.2, 0) is 11.2 Å². The van der Waals surface area contributed by atoms with E-state index in [2.05, 4.69) is 10.6 Å². The Hall–Kier alpha value is -5.67. The van der Waals surface area contributed by atoms with E-state index < -0.39 is 22.8 Å². The van der Waals surface area contributed by atoms with Crippen LogP contribution in [0.3, 0.4) is 0 Å². The zero-order valence-electron chi connectivity index (χ0n) is 23.1. The number of halogens is 1. The molecule has 1 atom stereocenters. The Bertz CT molecular complexity index is 1800. The Morgan fingerprint density at radius 3 is 2.23 bits per heavy atom. The van der Waals surface area contributed by atoms with Gasteiger partial charge in [0.05, 0.1) is 16.2 Å². The number of carboxylic acids is 1. The van der Waals surface area contributed by atoms with Crippen molar-refractivity contribution >= 4 is 40.5 Å². The molecule has 0 saturated carbocycles. The molecule has 220 valence electrons. The zero-order valence-corrected chi connectivity index (χ0v) is 23.9. The summed E-state index contributed by atoms with van der Waals surface area (Å²) >= 11 is 6.16. The van der Waals surface area contributed by atoms with Gasteiger partial charge in [-0.1, -0.05) is 72.3 Å². The van der Waals surface area contributed by atoms with Crippen molar-refractivity contribution in [3.05, 3.63) is 148 Å². The molecule has 0 aromatic heterocycles. The fourth-order valence-corrected chi connectivity index (χ4v) is 4.71. The second-order valence-corrected chi connectivity index (χ2v) is 10.2. The number of nitro benzene ring substituents is 1. The van der Waals surface area contributed by atoms with E-state index in [0.29, 0.717) is 28.4 Å². The van der Waals surface area contributed by atoms with E-state index in [1.807, 2.05) is 78.9 Å². The molecule has 0 radical (unpaired) electrons. The number of anilines is 2. The predicted molar refractivity (Wildman–Crippen MR) is 169 cm³/mol. The van der Waals surface area contributed by atoms with Gasteiger partial charge in [0.15, 0.2) is 0 Å².